The Bertz CT molecular complexity index is 1260. The summed E-state index contributed by atoms with van der Waals surface area (Å²) < 4.78 is 44.8. The van der Waals surface area contributed by atoms with E-state index in [2.05, 4.69) is 16.5 Å². The van der Waals surface area contributed by atoms with Crippen LogP contribution in [0.1, 0.15) is 29.0 Å². The van der Waals surface area contributed by atoms with Gasteiger partial charge in [0.2, 0.25) is 10.0 Å². The molecule has 1 aliphatic rings. The van der Waals surface area contributed by atoms with E-state index in [0.717, 1.165) is 36.1 Å². The second kappa shape index (κ2) is 10.4. The third kappa shape index (κ3) is 5.78. The number of ether oxygens (including phenoxy) is 1. The largest absolute Gasteiger partial charge is 0.490 e. The number of halogens is 2. The maximum absolute atomic E-state index is 14.8. The molecule has 0 radical (unpaired) electrons. The summed E-state index contributed by atoms with van der Waals surface area (Å²) in [7, 11) is -1.85. The normalized spacial score (nSPS) is 17.6. The van der Waals surface area contributed by atoms with Gasteiger partial charge in [0.25, 0.3) is 0 Å². The van der Waals surface area contributed by atoms with Crippen molar-refractivity contribution in [2.24, 2.45) is 11.1 Å². The molecule has 2 unspecified atom stereocenters. The van der Waals surface area contributed by atoms with Crippen molar-refractivity contribution in [1.82, 2.24) is 15.1 Å². The van der Waals surface area contributed by atoms with Gasteiger partial charge in [0.15, 0.2) is 11.6 Å². The van der Waals surface area contributed by atoms with E-state index >= 15 is 0 Å². The van der Waals surface area contributed by atoms with Crippen LogP contribution in [0.25, 0.3) is 0 Å². The van der Waals surface area contributed by atoms with Gasteiger partial charge in [-0.05, 0) is 79.2 Å². The standard InChI is InChI=1S/C24H28ClFN4O3S/c1-28-13-18-10-17-11-23(26)24(12-22(17)21(18)9-16-4-2-5-19(25)8-16)33-7-3-6-30-15-20(14-29-30)34(27,31)32/h2,4-5,8,11-12,14-15,18,21,28H,3,6-7,9-10,13H2,1H3,(H2,27,31,32). The number of aryl methyl sites for hydroxylation is 1. The van der Waals surface area contributed by atoms with Crippen molar-refractivity contribution in [2.45, 2.75) is 36.6 Å². The molecule has 10 heteroatoms. The summed E-state index contributed by atoms with van der Waals surface area (Å²) in [6, 6.07) is 11.3. The van der Waals surface area contributed by atoms with Gasteiger partial charge in [0, 0.05) is 24.2 Å². The highest BCUT2D eigenvalue weighted by atomic mass is 35.5. The molecule has 0 aliphatic heterocycles. The number of hydrogen-bond acceptors (Lipinski definition) is 5. The first-order valence-corrected chi connectivity index (χ1v) is 13.1. The van der Waals surface area contributed by atoms with E-state index in [0.29, 0.717) is 23.9 Å². The van der Waals surface area contributed by atoms with Crippen molar-refractivity contribution >= 4 is 21.6 Å². The van der Waals surface area contributed by atoms with Crippen molar-refractivity contribution < 1.29 is 17.5 Å². The Hall–Kier alpha value is -2.46. The number of benzene rings is 2. The van der Waals surface area contributed by atoms with Gasteiger partial charge in [-0.15, -0.1) is 0 Å². The van der Waals surface area contributed by atoms with E-state index < -0.39 is 10.0 Å². The molecule has 0 spiro atoms. The minimum absolute atomic E-state index is 0.0417. The molecule has 0 amide bonds. The summed E-state index contributed by atoms with van der Waals surface area (Å²) in [5, 5.41) is 13.1. The Balaban J connectivity index is 1.45. The summed E-state index contributed by atoms with van der Waals surface area (Å²) >= 11 is 6.19. The minimum Gasteiger partial charge on any atom is -0.490 e. The minimum atomic E-state index is -3.78. The zero-order valence-electron chi connectivity index (χ0n) is 18.9. The highest BCUT2D eigenvalue weighted by Crippen LogP contribution is 2.42. The second-order valence-corrected chi connectivity index (χ2v) is 10.6. The first kappa shape index (κ1) is 24.7. The van der Waals surface area contributed by atoms with Crippen molar-refractivity contribution in [1.29, 1.82) is 0 Å². The number of primary sulfonamides is 1. The lowest BCUT2D eigenvalue weighted by Crippen LogP contribution is -2.23. The number of nitrogens with zero attached hydrogens (tertiary/aromatic N) is 2. The molecule has 4 rings (SSSR count). The van der Waals surface area contributed by atoms with Crippen LogP contribution >= 0.6 is 11.6 Å². The van der Waals surface area contributed by atoms with Crippen LogP contribution < -0.4 is 15.2 Å². The zero-order chi connectivity index (χ0) is 24.3. The van der Waals surface area contributed by atoms with E-state index in [1.54, 1.807) is 6.07 Å². The first-order valence-electron chi connectivity index (χ1n) is 11.1. The fraction of sp³-hybridized carbons (Fsp3) is 0.375. The molecule has 34 heavy (non-hydrogen) atoms. The molecule has 3 aromatic rings. The quantitative estimate of drug-likeness (QED) is 0.410. The summed E-state index contributed by atoms with van der Waals surface area (Å²) in [6.07, 6.45) is 4.73. The smallest absolute Gasteiger partial charge is 0.241 e. The lowest BCUT2D eigenvalue weighted by molar-refractivity contribution is 0.284. The van der Waals surface area contributed by atoms with Crippen LogP contribution in [0.3, 0.4) is 0 Å². The Morgan fingerprint density at radius 2 is 2.15 bits per heavy atom. The summed E-state index contributed by atoms with van der Waals surface area (Å²) in [4.78, 5) is -0.0417. The Morgan fingerprint density at radius 3 is 2.85 bits per heavy atom. The molecule has 1 heterocycles. The van der Waals surface area contributed by atoms with Crippen LogP contribution in [-0.2, 0) is 29.4 Å². The van der Waals surface area contributed by atoms with Crippen LogP contribution in [0.2, 0.25) is 5.02 Å². The molecule has 3 N–H and O–H groups in total. The van der Waals surface area contributed by atoms with Gasteiger partial charge in [-0.1, -0.05) is 23.7 Å². The van der Waals surface area contributed by atoms with Crippen LogP contribution in [0, 0.1) is 11.7 Å². The average Bonchev–Trinajstić information content (AvgIpc) is 3.37. The number of fused-ring (bicyclic) bond motifs is 1. The predicted octanol–water partition coefficient (Wildman–Crippen LogP) is 3.51. The van der Waals surface area contributed by atoms with Crippen molar-refractivity contribution in [3.05, 3.63) is 76.3 Å². The molecular formula is C24H28ClFN4O3S. The highest BCUT2D eigenvalue weighted by molar-refractivity contribution is 7.89. The summed E-state index contributed by atoms with van der Waals surface area (Å²) in [5.74, 6) is 0.428. The lowest BCUT2D eigenvalue weighted by Gasteiger charge is -2.21. The van der Waals surface area contributed by atoms with Gasteiger partial charge in [-0.2, -0.15) is 5.10 Å². The Labute approximate surface area is 204 Å². The van der Waals surface area contributed by atoms with Crippen LogP contribution in [0.4, 0.5) is 4.39 Å². The number of hydrogen-bond donors (Lipinski definition) is 2. The number of nitrogens with two attached hydrogens (primary N) is 1. The van der Waals surface area contributed by atoms with Gasteiger partial charge in [-0.25, -0.2) is 17.9 Å². The van der Waals surface area contributed by atoms with Crippen molar-refractivity contribution in [2.75, 3.05) is 20.2 Å². The molecule has 2 aromatic carbocycles. The molecule has 0 bridgehead atoms. The van der Waals surface area contributed by atoms with Gasteiger partial charge < -0.3 is 10.1 Å². The van der Waals surface area contributed by atoms with E-state index in [-0.39, 0.29) is 29.0 Å². The maximum Gasteiger partial charge on any atom is 0.241 e. The number of nitrogens with one attached hydrogen (secondary N) is 1. The molecule has 0 saturated carbocycles. The van der Waals surface area contributed by atoms with Crippen LogP contribution in [0.15, 0.2) is 53.7 Å². The molecule has 7 nitrogen and oxygen atoms in total. The van der Waals surface area contributed by atoms with Gasteiger partial charge >= 0.3 is 0 Å². The average molecular weight is 507 g/mol. The summed E-state index contributed by atoms with van der Waals surface area (Å²) in [5.41, 5.74) is 3.28. The van der Waals surface area contributed by atoms with Crippen LogP contribution in [-0.4, -0.2) is 38.4 Å². The second-order valence-electron chi connectivity index (χ2n) is 8.63. The van der Waals surface area contributed by atoms with Crippen molar-refractivity contribution in [3.63, 3.8) is 0 Å². The van der Waals surface area contributed by atoms with Gasteiger partial charge in [0.1, 0.15) is 4.90 Å². The van der Waals surface area contributed by atoms with E-state index in [1.165, 1.54) is 17.1 Å². The molecule has 182 valence electrons. The first-order chi connectivity index (χ1) is 16.2. The van der Waals surface area contributed by atoms with Crippen LogP contribution in [0.5, 0.6) is 5.75 Å². The number of rotatable bonds is 10. The van der Waals surface area contributed by atoms with E-state index in [9.17, 15) is 12.8 Å². The summed E-state index contributed by atoms with van der Waals surface area (Å²) in [6.45, 7) is 1.52. The monoisotopic (exact) mass is 506 g/mol. The fourth-order valence-electron chi connectivity index (χ4n) is 4.62. The maximum atomic E-state index is 14.8. The third-order valence-electron chi connectivity index (χ3n) is 6.18. The van der Waals surface area contributed by atoms with E-state index in [1.807, 2.05) is 31.3 Å². The Kier molecular flexibility index (Phi) is 7.57. The molecule has 0 fully saturated rings. The molecule has 1 aliphatic carbocycles. The zero-order valence-corrected chi connectivity index (χ0v) is 20.4. The van der Waals surface area contributed by atoms with Gasteiger partial charge in [-0.3, -0.25) is 4.68 Å². The number of sulfonamides is 1. The molecule has 0 saturated heterocycles. The molecule has 1 aromatic heterocycles. The molecular weight excluding hydrogens is 479 g/mol. The Morgan fingerprint density at radius 1 is 1.32 bits per heavy atom. The predicted molar refractivity (Wildman–Crippen MR) is 129 cm³/mol. The topological polar surface area (TPSA) is 99.2 Å². The third-order valence-corrected chi connectivity index (χ3v) is 7.29. The lowest BCUT2D eigenvalue weighted by atomic mass is 9.86. The molecule has 2 atom stereocenters. The van der Waals surface area contributed by atoms with Crippen molar-refractivity contribution in [3.8, 4) is 5.75 Å². The van der Waals surface area contributed by atoms with Gasteiger partial charge in [0.05, 0.1) is 12.8 Å². The van der Waals surface area contributed by atoms with E-state index in [4.69, 9.17) is 21.5 Å². The number of aromatic nitrogens is 2. The highest BCUT2D eigenvalue weighted by Gasteiger charge is 2.33. The SMILES string of the molecule is CNCC1Cc2cc(F)c(OCCCn3cc(S(N)(=O)=O)cn3)cc2C1Cc1cccc(Cl)c1. The fourth-order valence-corrected chi connectivity index (χ4v) is 5.29.